The molecule has 1 aromatic rings. The Kier molecular flexibility index (Phi) is 1.56. The molecule has 2 rings (SSSR count). The summed E-state index contributed by atoms with van der Waals surface area (Å²) in [6, 6.07) is 0. The molecule has 0 unspecified atom stereocenters. The molecule has 2 nitrogen and oxygen atoms in total. The van der Waals surface area contributed by atoms with Gasteiger partial charge in [0.15, 0.2) is 0 Å². The smallest absolute Gasteiger partial charge is 0.251 e. The van der Waals surface area contributed by atoms with Crippen molar-refractivity contribution in [2.45, 2.75) is 33.1 Å². The first kappa shape index (κ1) is 7.59. The van der Waals surface area contributed by atoms with Gasteiger partial charge < -0.3 is 4.98 Å². The fourth-order valence-corrected chi connectivity index (χ4v) is 1.97. The van der Waals surface area contributed by atoms with E-state index in [0.717, 1.165) is 30.5 Å². The number of nitrogens with one attached hydrogen (secondary N) is 1. The molecule has 0 atom stereocenters. The highest BCUT2D eigenvalue weighted by Gasteiger charge is 2.17. The molecule has 64 valence electrons. The minimum atomic E-state index is 0.130. The second-order valence-electron chi connectivity index (χ2n) is 3.51. The fourth-order valence-electron chi connectivity index (χ4n) is 1.97. The van der Waals surface area contributed by atoms with Crippen LogP contribution in [-0.4, -0.2) is 4.98 Å². The van der Waals surface area contributed by atoms with Crippen LogP contribution in [-0.2, 0) is 12.8 Å². The first-order chi connectivity index (χ1) is 5.70. The molecular weight excluding hydrogens is 150 g/mol. The molecule has 1 aliphatic carbocycles. The summed E-state index contributed by atoms with van der Waals surface area (Å²) in [5, 5.41) is 0. The van der Waals surface area contributed by atoms with E-state index in [0.29, 0.717) is 0 Å². The lowest BCUT2D eigenvalue weighted by atomic mass is 10.1. The van der Waals surface area contributed by atoms with Crippen molar-refractivity contribution in [1.29, 1.82) is 0 Å². The number of aryl methyl sites for hydroxylation is 1. The van der Waals surface area contributed by atoms with Crippen molar-refractivity contribution in [2.75, 3.05) is 0 Å². The highest BCUT2D eigenvalue weighted by molar-refractivity contribution is 5.38. The molecule has 0 amide bonds. The second-order valence-corrected chi connectivity index (χ2v) is 3.51. The molecule has 2 heteroatoms. The number of rotatable bonds is 0. The number of hydrogen-bond donors (Lipinski definition) is 1. The molecular formula is C10H13NO. The summed E-state index contributed by atoms with van der Waals surface area (Å²) < 4.78 is 0. The van der Waals surface area contributed by atoms with E-state index >= 15 is 0 Å². The molecule has 0 fully saturated rings. The van der Waals surface area contributed by atoms with Crippen LogP contribution in [0.2, 0.25) is 0 Å². The van der Waals surface area contributed by atoms with Crippen LogP contribution in [0.4, 0.5) is 0 Å². The van der Waals surface area contributed by atoms with Gasteiger partial charge in [-0.1, -0.05) is 0 Å². The molecule has 0 saturated heterocycles. The van der Waals surface area contributed by atoms with Crippen LogP contribution in [0.3, 0.4) is 0 Å². The van der Waals surface area contributed by atoms with Gasteiger partial charge in [0.05, 0.1) is 0 Å². The van der Waals surface area contributed by atoms with Gasteiger partial charge in [0.2, 0.25) is 0 Å². The first-order valence-corrected chi connectivity index (χ1v) is 4.41. The first-order valence-electron chi connectivity index (χ1n) is 4.41. The summed E-state index contributed by atoms with van der Waals surface area (Å²) in [5.74, 6) is 0. The van der Waals surface area contributed by atoms with Crippen molar-refractivity contribution in [3.63, 3.8) is 0 Å². The lowest BCUT2D eigenvalue weighted by Gasteiger charge is -2.05. The summed E-state index contributed by atoms with van der Waals surface area (Å²) in [5.41, 5.74) is 4.77. The largest absolute Gasteiger partial charge is 0.326 e. The van der Waals surface area contributed by atoms with Crippen LogP contribution in [0.25, 0.3) is 0 Å². The summed E-state index contributed by atoms with van der Waals surface area (Å²) in [4.78, 5) is 14.3. The number of H-pyrrole nitrogens is 1. The highest BCUT2D eigenvalue weighted by Crippen LogP contribution is 2.22. The normalized spacial score (nSPS) is 14.8. The van der Waals surface area contributed by atoms with E-state index in [1.807, 2.05) is 6.92 Å². The second kappa shape index (κ2) is 2.47. The molecule has 12 heavy (non-hydrogen) atoms. The maximum atomic E-state index is 11.4. The van der Waals surface area contributed by atoms with Gasteiger partial charge in [0.1, 0.15) is 0 Å². The van der Waals surface area contributed by atoms with Crippen LogP contribution in [0, 0.1) is 13.8 Å². The third-order valence-corrected chi connectivity index (χ3v) is 2.81. The van der Waals surface area contributed by atoms with Crippen LogP contribution in [0.1, 0.15) is 28.8 Å². The lowest BCUT2D eigenvalue weighted by Crippen LogP contribution is -2.15. The van der Waals surface area contributed by atoms with E-state index in [9.17, 15) is 4.79 Å². The Hall–Kier alpha value is -1.05. The standard InChI is InChI=1S/C10H13NO/c1-6-7(2)11-10(12)9-5-3-4-8(6)9/h3-5H2,1-2H3,(H,11,12). The van der Waals surface area contributed by atoms with Gasteiger partial charge in [-0.2, -0.15) is 0 Å². The molecule has 0 bridgehead atoms. The van der Waals surface area contributed by atoms with Crippen LogP contribution in [0.5, 0.6) is 0 Å². The summed E-state index contributed by atoms with van der Waals surface area (Å²) in [6.45, 7) is 4.06. The quantitative estimate of drug-likeness (QED) is 0.617. The molecule has 0 aromatic carbocycles. The van der Waals surface area contributed by atoms with E-state index in [2.05, 4.69) is 11.9 Å². The van der Waals surface area contributed by atoms with Crippen LogP contribution >= 0.6 is 0 Å². The van der Waals surface area contributed by atoms with Crippen LogP contribution < -0.4 is 5.56 Å². The van der Waals surface area contributed by atoms with Crippen molar-refractivity contribution in [3.8, 4) is 0 Å². The van der Waals surface area contributed by atoms with E-state index in [1.54, 1.807) is 0 Å². The van der Waals surface area contributed by atoms with Gasteiger partial charge in [-0.25, -0.2) is 0 Å². The number of pyridine rings is 1. The molecule has 0 radical (unpaired) electrons. The Bertz CT molecular complexity index is 376. The van der Waals surface area contributed by atoms with E-state index in [1.165, 1.54) is 11.1 Å². The molecule has 1 aliphatic rings. The zero-order valence-electron chi connectivity index (χ0n) is 7.53. The monoisotopic (exact) mass is 163 g/mol. The van der Waals surface area contributed by atoms with Gasteiger partial charge in [-0.3, -0.25) is 4.79 Å². The summed E-state index contributed by atoms with van der Waals surface area (Å²) >= 11 is 0. The molecule has 0 aliphatic heterocycles. The SMILES string of the molecule is Cc1[nH]c(=O)c2c(c1C)CCC2. The number of aromatic amines is 1. The molecule has 1 heterocycles. The number of aromatic nitrogens is 1. The average Bonchev–Trinajstić information content (AvgIpc) is 2.48. The maximum absolute atomic E-state index is 11.4. The zero-order valence-corrected chi connectivity index (χ0v) is 7.53. The third-order valence-electron chi connectivity index (χ3n) is 2.81. The van der Waals surface area contributed by atoms with Gasteiger partial charge in [-0.15, -0.1) is 0 Å². The average molecular weight is 163 g/mol. The lowest BCUT2D eigenvalue weighted by molar-refractivity contribution is 0.906. The predicted molar refractivity (Wildman–Crippen MR) is 48.6 cm³/mol. The molecule has 0 spiro atoms. The Morgan fingerprint density at radius 1 is 1.17 bits per heavy atom. The van der Waals surface area contributed by atoms with E-state index < -0.39 is 0 Å². The topological polar surface area (TPSA) is 32.9 Å². The van der Waals surface area contributed by atoms with Gasteiger partial charge in [0.25, 0.3) is 5.56 Å². The van der Waals surface area contributed by atoms with Crippen molar-refractivity contribution < 1.29 is 0 Å². The van der Waals surface area contributed by atoms with Gasteiger partial charge in [0, 0.05) is 11.3 Å². The Morgan fingerprint density at radius 3 is 2.58 bits per heavy atom. The summed E-state index contributed by atoms with van der Waals surface area (Å²) in [6.07, 6.45) is 3.19. The van der Waals surface area contributed by atoms with Gasteiger partial charge in [-0.05, 0) is 44.2 Å². The number of fused-ring (bicyclic) bond motifs is 1. The Labute approximate surface area is 71.6 Å². The Balaban J connectivity index is 2.78. The van der Waals surface area contributed by atoms with Gasteiger partial charge >= 0.3 is 0 Å². The van der Waals surface area contributed by atoms with Crippen molar-refractivity contribution >= 4 is 0 Å². The fraction of sp³-hybridized carbons (Fsp3) is 0.500. The molecule has 0 saturated carbocycles. The van der Waals surface area contributed by atoms with Crippen LogP contribution in [0.15, 0.2) is 4.79 Å². The molecule has 1 aromatic heterocycles. The Morgan fingerprint density at radius 2 is 1.83 bits per heavy atom. The van der Waals surface area contributed by atoms with E-state index in [4.69, 9.17) is 0 Å². The summed E-state index contributed by atoms with van der Waals surface area (Å²) in [7, 11) is 0. The maximum Gasteiger partial charge on any atom is 0.251 e. The van der Waals surface area contributed by atoms with E-state index in [-0.39, 0.29) is 5.56 Å². The van der Waals surface area contributed by atoms with Crippen molar-refractivity contribution in [2.24, 2.45) is 0 Å². The number of hydrogen-bond acceptors (Lipinski definition) is 1. The zero-order chi connectivity index (χ0) is 8.72. The third kappa shape index (κ3) is 0.909. The predicted octanol–water partition coefficient (Wildman–Crippen LogP) is 1.48. The minimum Gasteiger partial charge on any atom is -0.326 e. The highest BCUT2D eigenvalue weighted by atomic mass is 16.1. The van der Waals surface area contributed by atoms with Crippen molar-refractivity contribution in [3.05, 3.63) is 32.7 Å². The van der Waals surface area contributed by atoms with Crippen molar-refractivity contribution in [1.82, 2.24) is 4.98 Å². The minimum absolute atomic E-state index is 0.130. The molecule has 1 N–H and O–H groups in total.